The van der Waals surface area contributed by atoms with Gasteiger partial charge in [-0.1, -0.05) is 30.0 Å². The van der Waals surface area contributed by atoms with Crippen molar-refractivity contribution in [3.8, 4) is 5.75 Å². The van der Waals surface area contributed by atoms with Crippen LogP contribution in [0.4, 0.5) is 0 Å². The van der Waals surface area contributed by atoms with Crippen LogP contribution in [0.5, 0.6) is 5.75 Å². The number of hydrogen-bond donors (Lipinski definition) is 0. The van der Waals surface area contributed by atoms with Gasteiger partial charge in [0.1, 0.15) is 11.9 Å². The van der Waals surface area contributed by atoms with E-state index in [0.717, 1.165) is 63.9 Å². The molecule has 2 atom stereocenters. The molecule has 4 nitrogen and oxygen atoms in total. The van der Waals surface area contributed by atoms with Crippen LogP contribution in [-0.2, 0) is 20.6 Å². The van der Waals surface area contributed by atoms with Gasteiger partial charge in [0.15, 0.2) is 5.79 Å². The Kier molecular flexibility index (Phi) is 7.08. The Bertz CT molecular complexity index is 743. The normalized spacial score (nSPS) is 27.1. The topological polar surface area (TPSA) is 36.9 Å². The Hall–Kier alpha value is -1.08. The Balaban J connectivity index is 1.52. The lowest BCUT2D eigenvalue weighted by Gasteiger charge is -2.46. The van der Waals surface area contributed by atoms with Crippen LogP contribution in [0.3, 0.4) is 0 Å². The van der Waals surface area contributed by atoms with Gasteiger partial charge in [-0.3, -0.25) is 0 Å². The molecule has 0 unspecified atom stereocenters. The minimum atomic E-state index is -0.381. The number of allylic oxidation sites excluding steroid dienone is 1. The summed E-state index contributed by atoms with van der Waals surface area (Å²) in [5.41, 5.74) is 1.40. The zero-order chi connectivity index (χ0) is 21.0. The number of rotatable bonds is 4. The molecule has 1 saturated heterocycles. The van der Waals surface area contributed by atoms with Gasteiger partial charge in [-0.25, -0.2) is 0 Å². The van der Waals surface area contributed by atoms with Crippen LogP contribution < -0.4 is 4.74 Å². The third kappa shape index (κ3) is 4.72. The zero-order valence-electron chi connectivity index (χ0n) is 17.9. The molecular weight excluding hydrogens is 416 g/mol. The molecule has 2 fully saturated rings. The summed E-state index contributed by atoms with van der Waals surface area (Å²) in [6, 6.07) is 8.40. The van der Waals surface area contributed by atoms with Crippen molar-refractivity contribution in [3.63, 3.8) is 0 Å². The van der Waals surface area contributed by atoms with Crippen LogP contribution in [0, 0.1) is 11.3 Å². The molecule has 0 N–H and O–H groups in total. The summed E-state index contributed by atoms with van der Waals surface area (Å²) in [7, 11) is 1.70. The van der Waals surface area contributed by atoms with Crippen LogP contribution in [0.25, 0.3) is 0 Å². The molecular formula is C24H32O4S2. The van der Waals surface area contributed by atoms with Gasteiger partial charge in [-0.15, -0.1) is 0 Å². The van der Waals surface area contributed by atoms with Gasteiger partial charge in [-0.05, 0) is 79.8 Å². The Morgan fingerprint density at radius 1 is 1.10 bits per heavy atom. The summed E-state index contributed by atoms with van der Waals surface area (Å²) in [6.45, 7) is 1.62. The number of methoxy groups -OCH3 is 1. The molecule has 0 amide bonds. The molecule has 30 heavy (non-hydrogen) atoms. The first kappa shape index (κ1) is 22.1. The maximum absolute atomic E-state index is 6.21. The fraction of sp³-hybridized carbons (Fsp3) is 0.625. The average Bonchev–Trinajstić information content (AvgIpc) is 2.94. The number of thiocarbonyl (C=S) groups is 1. The van der Waals surface area contributed by atoms with Crippen molar-refractivity contribution >= 4 is 28.4 Å². The van der Waals surface area contributed by atoms with E-state index in [0.29, 0.717) is 10.3 Å². The minimum absolute atomic E-state index is 0.0112. The van der Waals surface area contributed by atoms with Crippen molar-refractivity contribution in [2.45, 2.75) is 56.8 Å². The standard InChI is InChI=1S/C24H32O4S2/c1-25-19-7-5-18(6-8-19)17-20-21(28-22(29)30-2)9-10-23(20)11-13-24(14-12-23)26-15-3-4-16-27-24/h5-10,20-21H,3-4,11-17H2,1-2H3/t20-,21-/m0/s1. The monoisotopic (exact) mass is 448 g/mol. The number of thioether (sulfide) groups is 1. The smallest absolute Gasteiger partial charge is 0.220 e. The van der Waals surface area contributed by atoms with E-state index in [1.165, 1.54) is 17.3 Å². The van der Waals surface area contributed by atoms with Crippen molar-refractivity contribution < 1.29 is 18.9 Å². The van der Waals surface area contributed by atoms with E-state index in [9.17, 15) is 0 Å². The zero-order valence-corrected chi connectivity index (χ0v) is 19.6. The Morgan fingerprint density at radius 3 is 2.37 bits per heavy atom. The average molecular weight is 449 g/mol. The summed E-state index contributed by atoms with van der Waals surface area (Å²) in [6.07, 6.45) is 13.7. The minimum Gasteiger partial charge on any atom is -0.497 e. The second kappa shape index (κ2) is 9.60. The predicted molar refractivity (Wildman–Crippen MR) is 125 cm³/mol. The molecule has 1 heterocycles. The lowest BCUT2D eigenvalue weighted by atomic mass is 9.64. The molecule has 1 aromatic rings. The highest BCUT2D eigenvalue weighted by Crippen LogP contribution is 2.54. The van der Waals surface area contributed by atoms with Crippen LogP contribution in [0.2, 0.25) is 0 Å². The summed E-state index contributed by atoms with van der Waals surface area (Å²) in [4.78, 5) is 0. The first-order chi connectivity index (χ1) is 14.6. The van der Waals surface area contributed by atoms with Gasteiger partial charge in [-0.2, -0.15) is 0 Å². The predicted octanol–water partition coefficient (Wildman–Crippen LogP) is 5.54. The van der Waals surface area contributed by atoms with E-state index in [1.807, 2.05) is 18.4 Å². The molecule has 164 valence electrons. The highest BCUT2D eigenvalue weighted by molar-refractivity contribution is 8.22. The van der Waals surface area contributed by atoms with Crippen molar-refractivity contribution in [2.75, 3.05) is 26.6 Å². The van der Waals surface area contributed by atoms with E-state index in [1.54, 1.807) is 7.11 Å². The highest BCUT2D eigenvalue weighted by Gasteiger charge is 2.51. The molecule has 4 rings (SSSR count). The molecule has 3 aliphatic rings. The number of benzene rings is 1. The summed E-state index contributed by atoms with van der Waals surface area (Å²) in [5.74, 6) is 0.851. The lowest BCUT2D eigenvalue weighted by Crippen LogP contribution is -2.46. The maximum atomic E-state index is 6.21. The molecule has 2 spiro atoms. The van der Waals surface area contributed by atoms with E-state index in [4.69, 9.17) is 31.2 Å². The van der Waals surface area contributed by atoms with Crippen LogP contribution >= 0.6 is 24.0 Å². The Labute approximate surface area is 189 Å². The summed E-state index contributed by atoms with van der Waals surface area (Å²) >= 11 is 6.89. The van der Waals surface area contributed by atoms with Crippen molar-refractivity contribution in [1.29, 1.82) is 0 Å². The quantitative estimate of drug-likeness (QED) is 0.445. The van der Waals surface area contributed by atoms with Crippen molar-refractivity contribution in [2.24, 2.45) is 11.3 Å². The second-order valence-electron chi connectivity index (χ2n) is 8.60. The van der Waals surface area contributed by atoms with Gasteiger partial charge in [0, 0.05) is 18.8 Å². The largest absolute Gasteiger partial charge is 0.497 e. The molecule has 1 aliphatic heterocycles. The third-order valence-corrected chi connectivity index (χ3v) is 8.00. The SMILES string of the molecule is COc1ccc(C[C@H]2[C@@H](OC(=S)SC)C=CC23CCC2(CC3)OCCCCO2)cc1. The van der Waals surface area contributed by atoms with E-state index in [-0.39, 0.29) is 17.3 Å². The second-order valence-corrected chi connectivity index (χ2v) is 10.0. The molecule has 0 radical (unpaired) electrons. The molecule has 2 aliphatic carbocycles. The number of ether oxygens (including phenoxy) is 4. The molecule has 1 aromatic carbocycles. The molecule has 0 aromatic heterocycles. The van der Waals surface area contributed by atoms with Gasteiger partial charge in [0.05, 0.1) is 20.3 Å². The molecule has 1 saturated carbocycles. The molecule has 6 heteroatoms. The van der Waals surface area contributed by atoms with Crippen molar-refractivity contribution in [3.05, 3.63) is 42.0 Å². The highest BCUT2D eigenvalue weighted by atomic mass is 32.2. The van der Waals surface area contributed by atoms with Crippen LogP contribution in [0.15, 0.2) is 36.4 Å². The third-order valence-electron chi connectivity index (χ3n) is 6.98. The fourth-order valence-electron chi connectivity index (χ4n) is 5.17. The number of hydrogen-bond acceptors (Lipinski definition) is 6. The van der Waals surface area contributed by atoms with E-state index < -0.39 is 0 Å². The van der Waals surface area contributed by atoms with Gasteiger partial charge in [0.25, 0.3) is 0 Å². The lowest BCUT2D eigenvalue weighted by molar-refractivity contribution is -0.251. The molecule has 0 bridgehead atoms. The fourth-order valence-corrected chi connectivity index (χ4v) is 5.49. The van der Waals surface area contributed by atoms with E-state index in [2.05, 4.69) is 24.3 Å². The summed E-state index contributed by atoms with van der Waals surface area (Å²) in [5, 5.41) is 0. The van der Waals surface area contributed by atoms with Gasteiger partial charge < -0.3 is 18.9 Å². The Morgan fingerprint density at radius 2 is 1.77 bits per heavy atom. The first-order valence-electron chi connectivity index (χ1n) is 10.9. The summed E-state index contributed by atoms with van der Waals surface area (Å²) < 4.78 is 24.5. The maximum Gasteiger partial charge on any atom is 0.220 e. The van der Waals surface area contributed by atoms with E-state index >= 15 is 0 Å². The van der Waals surface area contributed by atoms with Gasteiger partial charge >= 0.3 is 0 Å². The van der Waals surface area contributed by atoms with Crippen LogP contribution in [0.1, 0.15) is 44.1 Å². The van der Waals surface area contributed by atoms with Gasteiger partial charge in [0.2, 0.25) is 4.38 Å². The van der Waals surface area contributed by atoms with Crippen LogP contribution in [-0.4, -0.2) is 42.9 Å². The first-order valence-corrected chi connectivity index (χ1v) is 12.6. The van der Waals surface area contributed by atoms with Crippen molar-refractivity contribution in [1.82, 2.24) is 0 Å².